The van der Waals surface area contributed by atoms with Crippen LogP contribution < -0.4 is 0 Å². The molecule has 0 rings (SSSR count). The van der Waals surface area contributed by atoms with E-state index in [4.69, 9.17) is 14.6 Å². The number of nitrogens with zero attached hydrogens (tertiary/aromatic N) is 1. The third kappa shape index (κ3) is 8.12. The van der Waals surface area contributed by atoms with Crippen LogP contribution in [0.15, 0.2) is 0 Å². The van der Waals surface area contributed by atoms with Gasteiger partial charge in [0.2, 0.25) is 0 Å². The molecule has 0 bridgehead atoms. The summed E-state index contributed by atoms with van der Waals surface area (Å²) < 4.78 is 10.4. The maximum atomic E-state index is 10.9. The summed E-state index contributed by atoms with van der Waals surface area (Å²) in [6.07, 6.45) is -0.176. The van der Waals surface area contributed by atoms with Crippen molar-refractivity contribution in [2.24, 2.45) is 0 Å². The van der Waals surface area contributed by atoms with E-state index in [1.165, 1.54) is 0 Å². The minimum Gasteiger partial charge on any atom is -0.479 e. The molecular weight excluding hydrogens is 222 g/mol. The zero-order valence-electron chi connectivity index (χ0n) is 11.1. The predicted molar refractivity (Wildman–Crippen MR) is 66.3 cm³/mol. The number of hydrogen-bond acceptors (Lipinski definition) is 4. The Balaban J connectivity index is 3.88. The Morgan fingerprint density at radius 3 is 2.41 bits per heavy atom. The van der Waals surface area contributed by atoms with Gasteiger partial charge < -0.3 is 19.5 Å². The minimum atomic E-state index is -0.882. The largest absolute Gasteiger partial charge is 0.479 e. The van der Waals surface area contributed by atoms with Crippen molar-refractivity contribution in [2.75, 3.05) is 39.5 Å². The van der Waals surface area contributed by atoms with Crippen molar-refractivity contribution in [1.82, 2.24) is 4.90 Å². The summed E-state index contributed by atoms with van der Waals surface area (Å²) in [6.45, 7) is 10.1. The summed E-state index contributed by atoms with van der Waals surface area (Å²) in [6, 6.07) is 0. The number of hydrogen-bond donors (Lipinski definition) is 1. The van der Waals surface area contributed by atoms with E-state index < -0.39 is 12.1 Å². The molecule has 0 amide bonds. The molecule has 1 N–H and O–H groups in total. The number of likely N-dealkylation sites (N-methyl/N-ethyl adjacent to an activating group) is 1. The van der Waals surface area contributed by atoms with Crippen molar-refractivity contribution in [1.29, 1.82) is 0 Å². The molecule has 0 aliphatic heterocycles. The molecule has 0 spiro atoms. The first kappa shape index (κ1) is 16.4. The minimum absolute atomic E-state index is 0.433. The Bertz CT molecular complexity index is 199. The topological polar surface area (TPSA) is 59.0 Å². The SMILES string of the molecule is CCOCCN(CC)CCC(OCC)C(=O)O. The van der Waals surface area contributed by atoms with Crippen LogP contribution in [-0.4, -0.2) is 61.5 Å². The Morgan fingerprint density at radius 1 is 1.24 bits per heavy atom. The summed E-state index contributed by atoms with van der Waals surface area (Å²) in [5.74, 6) is -0.882. The second kappa shape index (κ2) is 10.5. The van der Waals surface area contributed by atoms with Crippen molar-refractivity contribution in [3.05, 3.63) is 0 Å². The fourth-order valence-electron chi connectivity index (χ4n) is 1.55. The maximum absolute atomic E-state index is 10.9. The monoisotopic (exact) mass is 247 g/mol. The van der Waals surface area contributed by atoms with Gasteiger partial charge in [-0.1, -0.05) is 6.92 Å². The lowest BCUT2D eigenvalue weighted by atomic mass is 10.2. The fourth-order valence-corrected chi connectivity index (χ4v) is 1.55. The van der Waals surface area contributed by atoms with Crippen LogP contribution in [0, 0.1) is 0 Å². The van der Waals surface area contributed by atoms with Gasteiger partial charge in [-0.15, -0.1) is 0 Å². The number of carboxylic acid groups (broad SMARTS) is 1. The highest BCUT2D eigenvalue weighted by atomic mass is 16.5. The molecule has 1 atom stereocenters. The van der Waals surface area contributed by atoms with Gasteiger partial charge in [-0.05, 0) is 26.8 Å². The van der Waals surface area contributed by atoms with Crippen LogP contribution in [0.25, 0.3) is 0 Å². The number of carboxylic acids is 1. The van der Waals surface area contributed by atoms with Crippen LogP contribution in [-0.2, 0) is 14.3 Å². The first-order valence-electron chi connectivity index (χ1n) is 6.30. The van der Waals surface area contributed by atoms with Crippen LogP contribution in [0.3, 0.4) is 0 Å². The van der Waals surface area contributed by atoms with Gasteiger partial charge in [-0.3, -0.25) is 0 Å². The lowest BCUT2D eigenvalue weighted by Gasteiger charge is -2.22. The van der Waals surface area contributed by atoms with E-state index >= 15 is 0 Å². The molecule has 0 aliphatic rings. The van der Waals surface area contributed by atoms with E-state index in [0.717, 1.165) is 19.6 Å². The lowest BCUT2D eigenvalue weighted by Crippen LogP contribution is -2.33. The van der Waals surface area contributed by atoms with Crippen LogP contribution in [0.2, 0.25) is 0 Å². The number of aliphatic carboxylic acids is 1. The highest BCUT2D eigenvalue weighted by Crippen LogP contribution is 2.02. The van der Waals surface area contributed by atoms with E-state index in [0.29, 0.717) is 26.2 Å². The fraction of sp³-hybridized carbons (Fsp3) is 0.917. The molecule has 17 heavy (non-hydrogen) atoms. The molecular formula is C12H25NO4. The molecule has 1 unspecified atom stereocenters. The van der Waals surface area contributed by atoms with E-state index in [1.54, 1.807) is 0 Å². The van der Waals surface area contributed by atoms with Crippen LogP contribution in [0.1, 0.15) is 27.2 Å². The summed E-state index contributed by atoms with van der Waals surface area (Å²) in [5, 5.41) is 8.94. The highest BCUT2D eigenvalue weighted by molar-refractivity contribution is 5.72. The summed E-state index contributed by atoms with van der Waals surface area (Å²) in [4.78, 5) is 13.1. The van der Waals surface area contributed by atoms with Crippen molar-refractivity contribution < 1.29 is 19.4 Å². The van der Waals surface area contributed by atoms with Crippen LogP contribution >= 0.6 is 0 Å². The van der Waals surface area contributed by atoms with Crippen molar-refractivity contribution >= 4 is 5.97 Å². The van der Waals surface area contributed by atoms with Crippen molar-refractivity contribution in [2.45, 2.75) is 33.3 Å². The molecule has 0 aromatic rings. The first-order chi connectivity index (χ1) is 8.15. The van der Waals surface area contributed by atoms with Gasteiger partial charge in [0.25, 0.3) is 0 Å². The molecule has 0 aromatic carbocycles. The summed E-state index contributed by atoms with van der Waals surface area (Å²) >= 11 is 0. The Hall–Kier alpha value is -0.650. The Kier molecular flexibility index (Phi) is 10.1. The zero-order valence-corrected chi connectivity index (χ0v) is 11.1. The van der Waals surface area contributed by atoms with Crippen molar-refractivity contribution in [3.8, 4) is 0 Å². The molecule has 102 valence electrons. The highest BCUT2D eigenvalue weighted by Gasteiger charge is 2.18. The van der Waals surface area contributed by atoms with Gasteiger partial charge in [0.15, 0.2) is 6.10 Å². The standard InChI is InChI=1S/C12H25NO4/c1-4-13(9-10-16-5-2)8-7-11(12(14)15)17-6-3/h11H,4-10H2,1-3H3,(H,14,15). The molecule has 0 aromatic heterocycles. The van der Waals surface area contributed by atoms with Crippen LogP contribution in [0.4, 0.5) is 0 Å². The lowest BCUT2D eigenvalue weighted by molar-refractivity contribution is -0.150. The summed E-state index contributed by atoms with van der Waals surface area (Å²) in [7, 11) is 0. The van der Waals surface area contributed by atoms with Gasteiger partial charge in [-0.2, -0.15) is 0 Å². The van der Waals surface area contributed by atoms with E-state index in [1.807, 2.05) is 13.8 Å². The smallest absolute Gasteiger partial charge is 0.332 e. The second-order valence-electron chi connectivity index (χ2n) is 3.70. The predicted octanol–water partition coefficient (Wildman–Crippen LogP) is 1.22. The Morgan fingerprint density at radius 2 is 1.94 bits per heavy atom. The molecule has 0 saturated heterocycles. The molecule has 0 heterocycles. The zero-order chi connectivity index (χ0) is 13.1. The third-order valence-electron chi connectivity index (χ3n) is 2.55. The normalized spacial score (nSPS) is 12.9. The van der Waals surface area contributed by atoms with Gasteiger partial charge in [-0.25, -0.2) is 4.79 Å². The van der Waals surface area contributed by atoms with Gasteiger partial charge in [0.05, 0.1) is 6.61 Å². The van der Waals surface area contributed by atoms with Crippen LogP contribution in [0.5, 0.6) is 0 Å². The maximum Gasteiger partial charge on any atom is 0.332 e. The third-order valence-corrected chi connectivity index (χ3v) is 2.55. The quantitative estimate of drug-likeness (QED) is 0.556. The number of rotatable bonds is 11. The molecule has 0 aliphatic carbocycles. The molecule has 5 heteroatoms. The average molecular weight is 247 g/mol. The van der Waals surface area contributed by atoms with Gasteiger partial charge in [0.1, 0.15) is 0 Å². The molecule has 5 nitrogen and oxygen atoms in total. The average Bonchev–Trinajstić information content (AvgIpc) is 2.31. The van der Waals surface area contributed by atoms with Gasteiger partial charge >= 0.3 is 5.97 Å². The van der Waals surface area contributed by atoms with E-state index in [2.05, 4.69) is 11.8 Å². The van der Waals surface area contributed by atoms with E-state index in [9.17, 15) is 4.79 Å². The summed E-state index contributed by atoms with van der Waals surface area (Å²) in [5.41, 5.74) is 0. The number of ether oxygens (including phenoxy) is 2. The van der Waals surface area contributed by atoms with E-state index in [-0.39, 0.29) is 0 Å². The second-order valence-corrected chi connectivity index (χ2v) is 3.70. The van der Waals surface area contributed by atoms with Crippen molar-refractivity contribution in [3.63, 3.8) is 0 Å². The first-order valence-corrected chi connectivity index (χ1v) is 6.30. The Labute approximate surface area is 104 Å². The molecule has 0 saturated carbocycles. The number of carbonyl (C=O) groups is 1. The molecule has 0 fully saturated rings. The molecule has 0 radical (unpaired) electrons. The van der Waals surface area contributed by atoms with Gasteiger partial charge in [0, 0.05) is 26.3 Å².